The van der Waals surface area contributed by atoms with Gasteiger partial charge in [0, 0.05) is 12.1 Å². The summed E-state index contributed by atoms with van der Waals surface area (Å²) in [6.07, 6.45) is 4.80. The molecule has 0 aliphatic heterocycles. The molecule has 0 radical (unpaired) electrons. The summed E-state index contributed by atoms with van der Waals surface area (Å²) < 4.78 is 2.29. The molecule has 0 fully saturated rings. The Kier molecular flexibility index (Phi) is 1.51. The maximum absolute atomic E-state index is 11.2. The summed E-state index contributed by atoms with van der Waals surface area (Å²) in [7, 11) is 0. The van der Waals surface area contributed by atoms with Crippen molar-refractivity contribution in [2.24, 2.45) is 0 Å². The minimum atomic E-state index is 0.502. The molecule has 60 valence electrons. The average molecular weight is 161 g/mol. The van der Waals surface area contributed by atoms with Crippen molar-refractivity contribution in [2.45, 2.75) is 0 Å². The maximum Gasteiger partial charge on any atom is 0.309 e. The summed E-state index contributed by atoms with van der Waals surface area (Å²) in [5.74, 6) is 0.502. The Labute approximate surface area is 69.3 Å². The number of aromatic nitrogens is 3. The van der Waals surface area contributed by atoms with Crippen LogP contribution in [0.2, 0.25) is 0 Å². The highest BCUT2D eigenvalue weighted by molar-refractivity contribution is 5.13. The molecule has 12 heavy (non-hydrogen) atoms. The molecule has 0 spiro atoms. The van der Waals surface area contributed by atoms with Gasteiger partial charge in [0.05, 0.1) is 12.4 Å². The fourth-order valence-corrected chi connectivity index (χ4v) is 1.00. The van der Waals surface area contributed by atoms with Crippen LogP contribution >= 0.6 is 0 Å². The molecule has 2 aromatic rings. The van der Waals surface area contributed by atoms with E-state index in [1.807, 2.05) is 0 Å². The van der Waals surface area contributed by atoms with Crippen molar-refractivity contribution in [3.8, 4) is 5.82 Å². The lowest BCUT2D eigenvalue weighted by Crippen LogP contribution is -2.31. The van der Waals surface area contributed by atoms with E-state index in [-0.39, 0.29) is 0 Å². The lowest BCUT2D eigenvalue weighted by atomic mass is 10.5. The molecule has 4 nitrogen and oxygen atoms in total. The first-order valence-corrected chi connectivity index (χ1v) is 3.56. The van der Waals surface area contributed by atoms with Crippen LogP contribution in [0.5, 0.6) is 0 Å². The van der Waals surface area contributed by atoms with Crippen molar-refractivity contribution in [2.75, 3.05) is 0 Å². The van der Waals surface area contributed by atoms with Crippen LogP contribution in [0.15, 0.2) is 42.9 Å². The zero-order valence-electron chi connectivity index (χ0n) is 6.29. The number of pyridine rings is 1. The van der Waals surface area contributed by atoms with Crippen LogP contribution in [-0.4, -0.2) is 9.78 Å². The quantitative estimate of drug-likeness (QED) is 0.451. The monoisotopic (exact) mass is 161 g/mol. The molecule has 2 aromatic heterocycles. The van der Waals surface area contributed by atoms with E-state index >= 15 is 0 Å². The molecule has 2 heterocycles. The van der Waals surface area contributed by atoms with Crippen molar-refractivity contribution in [3.05, 3.63) is 48.1 Å². The summed E-state index contributed by atoms with van der Waals surface area (Å²) in [5.41, 5.74) is 0. The Morgan fingerprint density at radius 2 is 2.25 bits per heavy atom. The maximum atomic E-state index is 11.2. The van der Waals surface area contributed by atoms with Gasteiger partial charge in [-0.1, -0.05) is 11.2 Å². The van der Waals surface area contributed by atoms with E-state index in [9.17, 15) is 5.21 Å². The van der Waals surface area contributed by atoms with Crippen LogP contribution in [0.3, 0.4) is 0 Å². The van der Waals surface area contributed by atoms with Gasteiger partial charge >= 0.3 is 5.82 Å². The fraction of sp³-hybridized carbons (Fsp3) is 0. The average Bonchev–Trinajstić information content (AvgIpc) is 2.57. The van der Waals surface area contributed by atoms with Crippen molar-refractivity contribution in [1.29, 1.82) is 0 Å². The first-order valence-electron chi connectivity index (χ1n) is 3.56. The van der Waals surface area contributed by atoms with Gasteiger partial charge in [0.2, 0.25) is 0 Å². The molecule has 0 saturated heterocycles. The minimum Gasteiger partial charge on any atom is -0.711 e. The highest BCUT2D eigenvalue weighted by atomic mass is 16.5. The molecule has 0 N–H and O–H groups in total. The van der Waals surface area contributed by atoms with Crippen LogP contribution in [-0.2, 0) is 0 Å². The second-order valence-corrected chi connectivity index (χ2v) is 2.34. The number of hydrogen-bond donors (Lipinski definition) is 0. The third-order valence-electron chi connectivity index (χ3n) is 1.54. The van der Waals surface area contributed by atoms with Crippen molar-refractivity contribution >= 4 is 0 Å². The van der Waals surface area contributed by atoms with Gasteiger partial charge in [-0.15, -0.1) is 4.68 Å². The Morgan fingerprint density at radius 1 is 1.33 bits per heavy atom. The largest absolute Gasteiger partial charge is 0.711 e. The number of rotatable bonds is 1. The van der Waals surface area contributed by atoms with Crippen molar-refractivity contribution in [3.63, 3.8) is 0 Å². The Bertz CT molecular complexity index is 370. The van der Waals surface area contributed by atoms with Crippen LogP contribution < -0.4 is 4.73 Å². The topological polar surface area (TPSA) is 44.8 Å². The minimum absolute atomic E-state index is 0.502. The van der Waals surface area contributed by atoms with Gasteiger partial charge < -0.3 is 5.21 Å². The van der Waals surface area contributed by atoms with Gasteiger partial charge in [0.25, 0.3) is 0 Å². The Hall–Kier alpha value is -1.84. The van der Waals surface area contributed by atoms with Crippen molar-refractivity contribution < 1.29 is 4.73 Å². The van der Waals surface area contributed by atoms with Gasteiger partial charge in [0.1, 0.15) is 6.20 Å². The molecule has 2 rings (SSSR count). The Balaban J connectivity index is 2.55. The smallest absolute Gasteiger partial charge is 0.309 e. The van der Waals surface area contributed by atoms with E-state index in [0.717, 1.165) is 4.73 Å². The first kappa shape index (κ1) is 6.84. The van der Waals surface area contributed by atoms with E-state index in [0.29, 0.717) is 5.82 Å². The lowest BCUT2D eigenvalue weighted by molar-refractivity contribution is -0.600. The molecule has 0 unspecified atom stereocenters. The zero-order valence-corrected chi connectivity index (χ0v) is 6.29. The number of nitrogens with zero attached hydrogens (tertiary/aromatic N) is 3. The molecule has 0 saturated carbocycles. The molecule has 0 bridgehead atoms. The standard InChI is InChI=1S/C8H7N3O/c12-11-7-2-1-4-8(11)10-6-3-5-9-10/h1-7H. The third kappa shape index (κ3) is 1.03. The fourth-order valence-electron chi connectivity index (χ4n) is 1.00. The lowest BCUT2D eigenvalue weighted by Gasteiger charge is -2.04. The van der Waals surface area contributed by atoms with E-state index in [4.69, 9.17) is 0 Å². The summed E-state index contributed by atoms with van der Waals surface area (Å²) in [4.78, 5) is 0. The first-order chi connectivity index (χ1) is 5.88. The molecule has 0 aliphatic carbocycles. The normalized spacial score (nSPS) is 10.0. The predicted molar refractivity (Wildman–Crippen MR) is 42.5 cm³/mol. The zero-order chi connectivity index (χ0) is 8.39. The second-order valence-electron chi connectivity index (χ2n) is 2.34. The summed E-state index contributed by atoms with van der Waals surface area (Å²) >= 11 is 0. The van der Waals surface area contributed by atoms with Crippen LogP contribution in [0.1, 0.15) is 0 Å². The van der Waals surface area contributed by atoms with Crippen LogP contribution in [0.25, 0.3) is 5.82 Å². The van der Waals surface area contributed by atoms with Gasteiger partial charge in [-0.3, -0.25) is 0 Å². The summed E-state index contributed by atoms with van der Waals surface area (Å²) in [6.45, 7) is 0. The van der Waals surface area contributed by atoms with E-state index < -0.39 is 0 Å². The molecular weight excluding hydrogens is 154 g/mol. The van der Waals surface area contributed by atoms with Gasteiger partial charge in [-0.2, -0.15) is 0 Å². The van der Waals surface area contributed by atoms with E-state index in [2.05, 4.69) is 5.10 Å². The molecule has 0 aromatic carbocycles. The highest BCUT2D eigenvalue weighted by Crippen LogP contribution is 1.97. The van der Waals surface area contributed by atoms with E-state index in [1.165, 1.54) is 10.9 Å². The predicted octanol–water partition coefficient (Wildman–Crippen LogP) is 0.506. The second kappa shape index (κ2) is 2.65. The van der Waals surface area contributed by atoms with E-state index in [1.54, 1.807) is 36.7 Å². The third-order valence-corrected chi connectivity index (χ3v) is 1.54. The summed E-state index contributed by atoms with van der Waals surface area (Å²) in [5, 5.41) is 15.1. The van der Waals surface area contributed by atoms with Gasteiger partial charge in [-0.25, -0.2) is 4.73 Å². The van der Waals surface area contributed by atoms with Crippen LogP contribution in [0.4, 0.5) is 0 Å². The molecule has 4 heteroatoms. The number of hydrogen-bond acceptors (Lipinski definition) is 2. The summed E-state index contributed by atoms with van der Waals surface area (Å²) in [6, 6.07) is 6.96. The molecule has 0 amide bonds. The SMILES string of the molecule is [O-][n+]1ccccc1-n1cccn1. The van der Waals surface area contributed by atoms with Crippen LogP contribution in [0, 0.1) is 5.21 Å². The molecular formula is C8H7N3O. The van der Waals surface area contributed by atoms with Gasteiger partial charge in [0.15, 0.2) is 0 Å². The Morgan fingerprint density at radius 3 is 2.92 bits per heavy atom. The molecule has 0 aliphatic rings. The van der Waals surface area contributed by atoms with Crippen molar-refractivity contribution in [1.82, 2.24) is 9.78 Å². The highest BCUT2D eigenvalue weighted by Gasteiger charge is 2.04. The molecule has 0 atom stereocenters. The van der Waals surface area contributed by atoms with Gasteiger partial charge in [-0.05, 0) is 6.07 Å².